The number of aromatic amines is 2. The van der Waals surface area contributed by atoms with Gasteiger partial charge in [0, 0.05) is 68.4 Å². The molecule has 3 radical (unpaired) electrons. The number of hydrogen-bond acceptors (Lipinski definition) is 6. The summed E-state index contributed by atoms with van der Waals surface area (Å²) in [7, 11) is 0. The summed E-state index contributed by atoms with van der Waals surface area (Å²) in [4.78, 5) is 26.1. The van der Waals surface area contributed by atoms with E-state index in [1.165, 1.54) is 82.0 Å². The van der Waals surface area contributed by atoms with Crippen LogP contribution in [0.2, 0.25) is 0 Å². The molecule has 9 nitrogen and oxygen atoms in total. The van der Waals surface area contributed by atoms with Crippen LogP contribution in [0.1, 0.15) is 94.5 Å². The van der Waals surface area contributed by atoms with Crippen molar-refractivity contribution in [2.24, 2.45) is 23.7 Å². The van der Waals surface area contributed by atoms with E-state index in [4.69, 9.17) is 0 Å². The molecule has 51 heavy (non-hydrogen) atoms. The van der Waals surface area contributed by atoms with Gasteiger partial charge < -0.3 is 11.2 Å². The van der Waals surface area contributed by atoms with Crippen molar-refractivity contribution in [1.29, 1.82) is 0 Å². The van der Waals surface area contributed by atoms with E-state index in [1.54, 1.807) is 6.33 Å². The first kappa shape index (κ1) is 39.5. The summed E-state index contributed by atoms with van der Waals surface area (Å²) >= 11 is 0. The van der Waals surface area contributed by atoms with E-state index in [0.717, 1.165) is 54.1 Å². The van der Waals surface area contributed by atoms with Gasteiger partial charge in [0.1, 0.15) is 12.7 Å². The first-order valence-corrected chi connectivity index (χ1v) is 18.8. The third-order valence-corrected chi connectivity index (χ3v) is 12.5. The number of hydrogen-bond donors (Lipinski definition) is 2. The molecule has 2 saturated heterocycles. The number of piperidine rings is 2. The monoisotopic (exact) mass is 701 g/mol. The molecule has 4 heterocycles. The maximum atomic E-state index is 12.8. The largest absolute Gasteiger partial charge is 1.00 e. The second-order valence-corrected chi connectivity index (χ2v) is 15.4. The molecule has 4 fully saturated rings. The van der Waals surface area contributed by atoms with Crippen molar-refractivity contribution in [3.63, 3.8) is 0 Å². The van der Waals surface area contributed by atoms with Gasteiger partial charge >= 0.3 is 18.9 Å². The van der Waals surface area contributed by atoms with Gasteiger partial charge in [0.25, 0.3) is 0 Å². The molecule has 8 rings (SSSR count). The van der Waals surface area contributed by atoms with Crippen molar-refractivity contribution in [2.45, 2.75) is 89.9 Å². The Morgan fingerprint density at radius 3 is 1.75 bits per heavy atom. The number of carbonyl (C=O) groups is 1. The zero-order valence-corrected chi connectivity index (χ0v) is 32.6. The van der Waals surface area contributed by atoms with E-state index in [-0.39, 0.29) is 51.8 Å². The summed E-state index contributed by atoms with van der Waals surface area (Å²) < 4.78 is 0. The Kier molecular flexibility index (Phi) is 13.1. The third kappa shape index (κ3) is 7.83. The number of fused-ring (bicyclic) bond motifs is 2. The smallest absolute Gasteiger partial charge is 1.00 e. The minimum Gasteiger partial charge on any atom is -1.00 e. The van der Waals surface area contributed by atoms with Crippen LogP contribution < -0.4 is 18.9 Å². The minimum atomic E-state index is -0.0208. The number of amides is 1. The Hall–Kier alpha value is -2.72. The van der Waals surface area contributed by atoms with E-state index in [1.807, 2.05) is 6.07 Å². The standard InChI is InChI=1S/C20H26N4O.C20H28N4.Al.Li.2H2.H/c1-3-4-5-6-10-24-12-16-17(19(24)25)20(16,2)15-9-7-8-14(11-15)18-21-13-22-23-18;1-3-4-5-6-10-24-12-17-18(13-24)20(17,2)16-9-7-8-15(11-16)19-21-14-22-23-19;;;;;/h7-9,11,13,16-17H,3-6,10,12H2,1-2H3,(H,21,22,23);7-9,11,14,17-18H,3-6,10,12-13H2,1-2H3,(H,21,22,23);;;2*1H;/q;;;+1;;;-1. The summed E-state index contributed by atoms with van der Waals surface area (Å²) in [5.74, 6) is 4.26. The number of H-pyrrole nitrogens is 2. The summed E-state index contributed by atoms with van der Waals surface area (Å²) in [6.07, 6.45) is 13.4. The van der Waals surface area contributed by atoms with Crippen LogP contribution >= 0.6 is 0 Å². The maximum Gasteiger partial charge on any atom is 1.00 e. The van der Waals surface area contributed by atoms with Crippen LogP contribution in [-0.4, -0.2) is 96.2 Å². The zero-order valence-electron chi connectivity index (χ0n) is 32.4. The molecule has 2 aromatic heterocycles. The molecule has 4 aromatic rings. The average Bonchev–Trinajstić information content (AvgIpc) is 3.67. The zero-order chi connectivity index (χ0) is 34.0. The third-order valence-electron chi connectivity index (χ3n) is 12.5. The van der Waals surface area contributed by atoms with Gasteiger partial charge in [-0.15, -0.1) is 0 Å². The van der Waals surface area contributed by atoms with Gasteiger partial charge in [-0.3, -0.25) is 15.0 Å². The summed E-state index contributed by atoms with van der Waals surface area (Å²) in [5, 5.41) is 13.8. The number of unbranched alkanes of at least 4 members (excludes halogenated alkanes) is 6. The molecule has 2 aliphatic heterocycles. The predicted molar refractivity (Wildman–Crippen MR) is 205 cm³/mol. The van der Waals surface area contributed by atoms with Gasteiger partial charge in [0.2, 0.25) is 5.91 Å². The molecule has 4 aliphatic rings. The molecule has 2 aliphatic carbocycles. The van der Waals surface area contributed by atoms with Gasteiger partial charge in [0.05, 0.1) is 5.92 Å². The van der Waals surface area contributed by atoms with Gasteiger partial charge in [0.15, 0.2) is 11.6 Å². The summed E-state index contributed by atoms with van der Waals surface area (Å²) in [6.45, 7) is 14.9. The Balaban J connectivity index is 0.000000342. The van der Waals surface area contributed by atoms with Gasteiger partial charge in [-0.05, 0) is 60.4 Å². The Morgan fingerprint density at radius 1 is 0.745 bits per heavy atom. The van der Waals surface area contributed by atoms with E-state index in [9.17, 15) is 4.79 Å². The second kappa shape index (κ2) is 17.0. The first-order chi connectivity index (χ1) is 23.9. The molecule has 269 valence electrons. The fourth-order valence-corrected chi connectivity index (χ4v) is 9.20. The quantitative estimate of drug-likeness (QED) is 0.148. The van der Waals surface area contributed by atoms with Crippen LogP contribution in [0.4, 0.5) is 0 Å². The van der Waals surface area contributed by atoms with Crippen LogP contribution in [0, 0.1) is 23.7 Å². The molecule has 5 unspecified atom stereocenters. The molecule has 11 heteroatoms. The number of carbonyl (C=O) groups excluding carboxylic acids is 1. The van der Waals surface area contributed by atoms with Crippen molar-refractivity contribution in [3.8, 4) is 22.8 Å². The first-order valence-electron chi connectivity index (χ1n) is 18.8. The molecule has 1 amide bonds. The van der Waals surface area contributed by atoms with Crippen LogP contribution in [0.15, 0.2) is 61.2 Å². The van der Waals surface area contributed by atoms with E-state index in [2.05, 4.69) is 110 Å². The Bertz CT molecular complexity index is 1700. The number of nitrogens with zero attached hydrogens (tertiary/aromatic N) is 6. The minimum absolute atomic E-state index is 0. The van der Waals surface area contributed by atoms with Gasteiger partial charge in [-0.2, -0.15) is 10.2 Å². The normalized spacial score (nSPS) is 27.1. The van der Waals surface area contributed by atoms with Crippen molar-refractivity contribution in [3.05, 3.63) is 72.3 Å². The number of nitrogens with one attached hydrogen (secondary N) is 2. The van der Waals surface area contributed by atoms with Gasteiger partial charge in [-0.25, -0.2) is 9.97 Å². The van der Waals surface area contributed by atoms with E-state index < -0.39 is 0 Å². The SMILES string of the molecule is CCCCCCN1CC2C(C1)C2(C)c1cccc(-c2ncn[nH]2)c1.CCCCCCN1CC2C(C1=O)C2(C)c1cccc(-c2ncn[nH]2)c1.[Al].[H-].[HH].[HH].[Li+]. The molecule has 5 atom stereocenters. The number of rotatable bonds is 14. The number of likely N-dealkylation sites (tertiary alicyclic amines) is 2. The van der Waals surface area contributed by atoms with Crippen LogP contribution in [0.5, 0.6) is 0 Å². The maximum absolute atomic E-state index is 12.8. The second-order valence-electron chi connectivity index (χ2n) is 15.4. The summed E-state index contributed by atoms with van der Waals surface area (Å²) in [5.41, 5.74) is 5.23. The van der Waals surface area contributed by atoms with Crippen molar-refractivity contribution in [1.82, 2.24) is 40.2 Å². The van der Waals surface area contributed by atoms with E-state index in [0.29, 0.717) is 17.2 Å². The Morgan fingerprint density at radius 2 is 1.27 bits per heavy atom. The molecule has 2 aromatic carbocycles. The predicted octanol–water partition coefficient (Wildman–Crippen LogP) is 4.50. The molecule has 2 N–H and O–H groups in total. The molecular formula is C40H59AlLiN8O. The van der Waals surface area contributed by atoms with Crippen molar-refractivity contribution in [2.75, 3.05) is 32.7 Å². The van der Waals surface area contributed by atoms with Gasteiger partial charge in [-0.1, -0.05) is 103 Å². The Labute approximate surface area is 331 Å². The number of benzene rings is 2. The van der Waals surface area contributed by atoms with E-state index >= 15 is 0 Å². The van der Waals surface area contributed by atoms with Crippen LogP contribution in [0.3, 0.4) is 0 Å². The molecular weight excluding hydrogens is 642 g/mol. The number of aromatic nitrogens is 6. The van der Waals surface area contributed by atoms with Crippen molar-refractivity contribution < 1.29 is 27.9 Å². The topological polar surface area (TPSA) is 107 Å². The summed E-state index contributed by atoms with van der Waals surface area (Å²) in [6, 6.07) is 17.3. The average molecular weight is 702 g/mol. The van der Waals surface area contributed by atoms with Crippen LogP contribution in [-0.2, 0) is 15.6 Å². The fraction of sp³-hybridized carbons (Fsp3) is 0.575. The molecule has 0 bridgehead atoms. The van der Waals surface area contributed by atoms with Crippen LogP contribution in [0.25, 0.3) is 22.8 Å². The van der Waals surface area contributed by atoms with Crippen molar-refractivity contribution >= 4 is 23.3 Å². The fourth-order valence-electron chi connectivity index (χ4n) is 9.20. The molecule has 0 spiro atoms. The molecule has 2 saturated carbocycles.